The molecule has 0 bridgehead atoms. The number of ether oxygens (including phenoxy) is 2. The Balaban J connectivity index is 2.42. The third-order valence-corrected chi connectivity index (χ3v) is 4.02. The van der Waals surface area contributed by atoms with Crippen LogP contribution in [0.2, 0.25) is 0 Å². The minimum Gasteiger partial charge on any atom is -0.495 e. The van der Waals surface area contributed by atoms with Crippen molar-refractivity contribution in [3.63, 3.8) is 0 Å². The molecule has 0 amide bonds. The van der Waals surface area contributed by atoms with Gasteiger partial charge in [0.25, 0.3) is 0 Å². The summed E-state index contributed by atoms with van der Waals surface area (Å²) in [5, 5.41) is 0. The third-order valence-electron chi connectivity index (χ3n) is 4.02. The van der Waals surface area contributed by atoms with Crippen molar-refractivity contribution in [2.24, 2.45) is 0 Å². The third kappa shape index (κ3) is 3.48. The van der Waals surface area contributed by atoms with E-state index < -0.39 is 0 Å². The first-order chi connectivity index (χ1) is 11.4. The second-order valence-corrected chi connectivity index (χ2v) is 6.04. The van der Waals surface area contributed by atoms with Crippen LogP contribution in [-0.4, -0.2) is 42.4 Å². The van der Waals surface area contributed by atoms with Crippen LogP contribution in [-0.2, 0) is 0 Å². The number of hydrogen-bond acceptors (Lipinski definition) is 4. The van der Waals surface area contributed by atoms with Crippen LogP contribution in [0.5, 0.6) is 11.5 Å². The first-order valence-corrected chi connectivity index (χ1v) is 7.79. The smallest absolute Gasteiger partial charge is 0.142 e. The van der Waals surface area contributed by atoms with Gasteiger partial charge in [-0.05, 0) is 41.0 Å². The van der Waals surface area contributed by atoms with Crippen LogP contribution in [0.1, 0.15) is 11.1 Å². The number of nitrogens with zero attached hydrogens (tertiary/aromatic N) is 2. The van der Waals surface area contributed by atoms with Crippen molar-refractivity contribution in [2.45, 2.75) is 0 Å². The lowest BCUT2D eigenvalue weighted by Crippen LogP contribution is -2.10. The minimum absolute atomic E-state index is 0.829. The molecule has 0 radical (unpaired) electrons. The van der Waals surface area contributed by atoms with E-state index in [4.69, 9.17) is 9.47 Å². The molecule has 0 unspecified atom stereocenters. The zero-order chi connectivity index (χ0) is 17.9. The monoisotopic (exact) mass is 326 g/mol. The molecule has 0 spiro atoms. The van der Waals surface area contributed by atoms with E-state index in [1.54, 1.807) is 14.2 Å². The Morgan fingerprint density at radius 1 is 0.750 bits per heavy atom. The standard InChI is InChI=1S/C20H26N2O2/c1-14(15-8-10-17(21(2)3)19(12-15)23-6)16-9-11-18(22(4)5)20(13-16)24-7/h8-13H,1H2,2-7H3. The van der Waals surface area contributed by atoms with Crippen molar-refractivity contribution >= 4 is 16.9 Å². The number of methoxy groups -OCH3 is 2. The van der Waals surface area contributed by atoms with Crippen LogP contribution >= 0.6 is 0 Å². The Morgan fingerprint density at radius 2 is 1.12 bits per heavy atom. The van der Waals surface area contributed by atoms with E-state index in [0.717, 1.165) is 39.6 Å². The summed E-state index contributed by atoms with van der Waals surface area (Å²) in [5.74, 6) is 1.66. The highest BCUT2D eigenvalue weighted by atomic mass is 16.5. The summed E-state index contributed by atoms with van der Waals surface area (Å²) >= 11 is 0. The van der Waals surface area contributed by atoms with Gasteiger partial charge >= 0.3 is 0 Å². The van der Waals surface area contributed by atoms with Crippen molar-refractivity contribution in [1.29, 1.82) is 0 Å². The summed E-state index contributed by atoms with van der Waals surface area (Å²) in [6.45, 7) is 4.26. The van der Waals surface area contributed by atoms with Crippen LogP contribution in [0.4, 0.5) is 11.4 Å². The Kier molecular flexibility index (Phi) is 5.39. The zero-order valence-electron chi connectivity index (χ0n) is 15.4. The highest BCUT2D eigenvalue weighted by Crippen LogP contribution is 2.35. The SMILES string of the molecule is C=C(c1ccc(N(C)C)c(OC)c1)c1ccc(N(C)C)c(OC)c1. The second kappa shape index (κ2) is 7.30. The van der Waals surface area contributed by atoms with Gasteiger partial charge in [0.1, 0.15) is 11.5 Å². The van der Waals surface area contributed by atoms with Crippen LogP contribution in [0.25, 0.3) is 5.57 Å². The molecule has 0 aromatic heterocycles. The Labute approximate surface area is 144 Å². The molecule has 24 heavy (non-hydrogen) atoms. The van der Waals surface area contributed by atoms with E-state index in [2.05, 4.69) is 18.7 Å². The fourth-order valence-corrected chi connectivity index (χ4v) is 2.64. The first kappa shape index (κ1) is 17.7. The van der Waals surface area contributed by atoms with Gasteiger partial charge in [0, 0.05) is 28.2 Å². The lowest BCUT2D eigenvalue weighted by Gasteiger charge is -2.19. The predicted octanol–water partition coefficient (Wildman–Crippen LogP) is 3.90. The van der Waals surface area contributed by atoms with E-state index in [0.29, 0.717) is 0 Å². The maximum absolute atomic E-state index is 5.51. The van der Waals surface area contributed by atoms with Crippen molar-refractivity contribution in [1.82, 2.24) is 0 Å². The number of rotatable bonds is 6. The van der Waals surface area contributed by atoms with Crippen molar-refractivity contribution in [3.8, 4) is 11.5 Å². The molecule has 4 heteroatoms. The highest BCUT2D eigenvalue weighted by Gasteiger charge is 2.12. The average molecular weight is 326 g/mol. The van der Waals surface area contributed by atoms with Gasteiger partial charge in [-0.3, -0.25) is 0 Å². The van der Waals surface area contributed by atoms with E-state index in [9.17, 15) is 0 Å². The van der Waals surface area contributed by atoms with Gasteiger partial charge in [-0.1, -0.05) is 18.7 Å². The molecule has 2 aromatic rings. The summed E-state index contributed by atoms with van der Waals surface area (Å²) in [4.78, 5) is 4.06. The van der Waals surface area contributed by atoms with Gasteiger partial charge in [0.15, 0.2) is 0 Å². The summed E-state index contributed by atoms with van der Waals surface area (Å²) in [6, 6.07) is 12.3. The maximum Gasteiger partial charge on any atom is 0.142 e. The fourth-order valence-electron chi connectivity index (χ4n) is 2.64. The van der Waals surface area contributed by atoms with Crippen molar-refractivity contribution < 1.29 is 9.47 Å². The molecule has 0 aliphatic carbocycles. The van der Waals surface area contributed by atoms with Crippen LogP contribution in [0.3, 0.4) is 0 Å². The van der Waals surface area contributed by atoms with E-state index in [1.807, 2.05) is 62.3 Å². The van der Waals surface area contributed by atoms with Crippen LogP contribution < -0.4 is 19.3 Å². The highest BCUT2D eigenvalue weighted by molar-refractivity contribution is 5.82. The summed E-state index contributed by atoms with van der Waals surface area (Å²) < 4.78 is 11.0. The van der Waals surface area contributed by atoms with E-state index in [1.165, 1.54) is 0 Å². The first-order valence-electron chi connectivity index (χ1n) is 7.79. The van der Waals surface area contributed by atoms with Crippen molar-refractivity contribution in [2.75, 3.05) is 52.2 Å². The average Bonchev–Trinajstić information content (AvgIpc) is 2.59. The predicted molar refractivity (Wildman–Crippen MR) is 103 cm³/mol. The molecular weight excluding hydrogens is 300 g/mol. The summed E-state index contributed by atoms with van der Waals surface area (Å²) in [7, 11) is 11.4. The van der Waals surface area contributed by atoms with Gasteiger partial charge in [0.05, 0.1) is 25.6 Å². The zero-order valence-corrected chi connectivity index (χ0v) is 15.4. The molecule has 0 atom stereocenters. The van der Waals surface area contributed by atoms with Crippen molar-refractivity contribution in [3.05, 3.63) is 54.1 Å². The molecular formula is C20H26N2O2. The largest absolute Gasteiger partial charge is 0.495 e. The molecule has 2 aromatic carbocycles. The molecule has 0 aliphatic rings. The van der Waals surface area contributed by atoms with Gasteiger partial charge in [-0.15, -0.1) is 0 Å². The number of anilines is 2. The van der Waals surface area contributed by atoms with E-state index in [-0.39, 0.29) is 0 Å². The quantitative estimate of drug-likeness (QED) is 0.804. The van der Waals surface area contributed by atoms with Gasteiger partial charge < -0.3 is 19.3 Å². The molecule has 0 heterocycles. The van der Waals surface area contributed by atoms with Gasteiger partial charge in [-0.25, -0.2) is 0 Å². The molecule has 0 saturated heterocycles. The lowest BCUT2D eigenvalue weighted by molar-refractivity contribution is 0.415. The molecule has 4 nitrogen and oxygen atoms in total. The molecule has 0 saturated carbocycles. The van der Waals surface area contributed by atoms with Crippen LogP contribution in [0.15, 0.2) is 43.0 Å². The van der Waals surface area contributed by atoms with E-state index >= 15 is 0 Å². The fraction of sp³-hybridized carbons (Fsp3) is 0.300. The second-order valence-electron chi connectivity index (χ2n) is 6.04. The maximum atomic E-state index is 5.51. The minimum atomic E-state index is 0.829. The topological polar surface area (TPSA) is 24.9 Å². The normalized spacial score (nSPS) is 10.2. The molecule has 128 valence electrons. The summed E-state index contributed by atoms with van der Waals surface area (Å²) in [5.41, 5.74) is 5.06. The van der Waals surface area contributed by atoms with Crippen LogP contribution in [0, 0.1) is 0 Å². The molecule has 0 fully saturated rings. The summed E-state index contributed by atoms with van der Waals surface area (Å²) in [6.07, 6.45) is 0. The Bertz CT molecular complexity index is 675. The lowest BCUT2D eigenvalue weighted by atomic mass is 9.98. The Morgan fingerprint density at radius 3 is 1.42 bits per heavy atom. The Hall–Kier alpha value is -2.62. The molecule has 0 aliphatic heterocycles. The number of benzene rings is 2. The van der Waals surface area contributed by atoms with Gasteiger partial charge in [-0.2, -0.15) is 0 Å². The number of hydrogen-bond donors (Lipinski definition) is 0. The molecule has 2 rings (SSSR count). The molecule has 0 N–H and O–H groups in total. The van der Waals surface area contributed by atoms with Gasteiger partial charge in [0.2, 0.25) is 0 Å².